The van der Waals surface area contributed by atoms with Gasteiger partial charge in [-0.2, -0.15) is 0 Å². The SMILES string of the molecule is CCC1CN=C(c2ccc(C#Cc3c(N)ncc4ccc(Cl)cc34)cc2)N1. The molecule has 0 fully saturated rings. The third kappa shape index (κ3) is 3.60. The molecule has 1 aliphatic heterocycles. The van der Waals surface area contributed by atoms with Crippen LogP contribution in [0.4, 0.5) is 5.82 Å². The monoisotopic (exact) mass is 374 g/mol. The summed E-state index contributed by atoms with van der Waals surface area (Å²) in [6.07, 6.45) is 2.81. The van der Waals surface area contributed by atoms with E-state index in [-0.39, 0.29) is 0 Å². The van der Waals surface area contributed by atoms with E-state index >= 15 is 0 Å². The Morgan fingerprint density at radius 3 is 2.74 bits per heavy atom. The van der Waals surface area contributed by atoms with E-state index in [1.165, 1.54) is 0 Å². The Balaban J connectivity index is 1.63. The highest BCUT2D eigenvalue weighted by molar-refractivity contribution is 6.31. The minimum atomic E-state index is 0.406. The van der Waals surface area contributed by atoms with Crippen LogP contribution in [0.5, 0.6) is 0 Å². The summed E-state index contributed by atoms with van der Waals surface area (Å²) in [6.45, 7) is 3.00. The quantitative estimate of drug-likeness (QED) is 0.666. The highest BCUT2D eigenvalue weighted by Gasteiger charge is 2.16. The van der Waals surface area contributed by atoms with Gasteiger partial charge >= 0.3 is 0 Å². The van der Waals surface area contributed by atoms with Gasteiger partial charge < -0.3 is 11.1 Å². The van der Waals surface area contributed by atoms with Crippen molar-refractivity contribution in [1.29, 1.82) is 0 Å². The molecule has 27 heavy (non-hydrogen) atoms. The number of hydrogen-bond acceptors (Lipinski definition) is 4. The number of hydrogen-bond donors (Lipinski definition) is 2. The minimum absolute atomic E-state index is 0.406. The molecular formula is C22H19ClN4. The fourth-order valence-electron chi connectivity index (χ4n) is 3.07. The Hall–Kier alpha value is -3.03. The van der Waals surface area contributed by atoms with Crippen molar-refractivity contribution in [2.24, 2.45) is 4.99 Å². The van der Waals surface area contributed by atoms with Crippen LogP contribution in [0.25, 0.3) is 10.8 Å². The van der Waals surface area contributed by atoms with Crippen LogP contribution in [0.3, 0.4) is 0 Å². The number of benzene rings is 2. The molecule has 0 saturated carbocycles. The number of pyridine rings is 1. The second-order valence-electron chi connectivity index (χ2n) is 6.52. The molecular weight excluding hydrogens is 356 g/mol. The number of nitrogen functional groups attached to an aromatic ring is 1. The lowest BCUT2D eigenvalue weighted by Crippen LogP contribution is -2.29. The zero-order valence-corrected chi connectivity index (χ0v) is 15.7. The summed E-state index contributed by atoms with van der Waals surface area (Å²) in [5.74, 6) is 7.70. The maximum Gasteiger partial charge on any atom is 0.139 e. The van der Waals surface area contributed by atoms with Gasteiger partial charge in [-0.1, -0.05) is 48.6 Å². The fraction of sp³-hybridized carbons (Fsp3) is 0.182. The number of fused-ring (bicyclic) bond motifs is 1. The molecule has 2 heterocycles. The number of halogens is 1. The molecule has 1 aliphatic rings. The predicted octanol–water partition coefficient (Wildman–Crippen LogP) is 4.00. The normalized spacial score (nSPS) is 15.8. The zero-order valence-electron chi connectivity index (χ0n) is 15.0. The first-order valence-electron chi connectivity index (χ1n) is 8.91. The van der Waals surface area contributed by atoms with E-state index in [0.717, 1.165) is 40.7 Å². The van der Waals surface area contributed by atoms with Crippen LogP contribution in [0.2, 0.25) is 5.02 Å². The van der Waals surface area contributed by atoms with Gasteiger partial charge in [0.05, 0.1) is 12.1 Å². The van der Waals surface area contributed by atoms with Gasteiger partial charge in [0.1, 0.15) is 11.7 Å². The lowest BCUT2D eigenvalue weighted by molar-refractivity contribution is 0.636. The van der Waals surface area contributed by atoms with Crippen LogP contribution in [0, 0.1) is 11.8 Å². The summed E-state index contributed by atoms with van der Waals surface area (Å²) in [4.78, 5) is 8.81. The summed E-state index contributed by atoms with van der Waals surface area (Å²) in [6, 6.07) is 14.1. The average molecular weight is 375 g/mol. The molecule has 4 nitrogen and oxygen atoms in total. The highest BCUT2D eigenvalue weighted by atomic mass is 35.5. The maximum atomic E-state index is 6.13. The van der Waals surface area contributed by atoms with Crippen molar-refractivity contribution in [3.8, 4) is 11.8 Å². The lowest BCUT2D eigenvalue weighted by Gasteiger charge is -2.08. The van der Waals surface area contributed by atoms with Crippen LogP contribution >= 0.6 is 11.6 Å². The number of rotatable bonds is 2. The van der Waals surface area contributed by atoms with E-state index in [9.17, 15) is 0 Å². The van der Waals surface area contributed by atoms with Crippen molar-refractivity contribution in [2.45, 2.75) is 19.4 Å². The van der Waals surface area contributed by atoms with Crippen LogP contribution in [-0.2, 0) is 0 Å². The number of amidine groups is 1. The van der Waals surface area contributed by atoms with Crippen molar-refractivity contribution >= 4 is 34.0 Å². The fourth-order valence-corrected chi connectivity index (χ4v) is 3.24. The molecule has 0 spiro atoms. The van der Waals surface area contributed by atoms with Crippen LogP contribution in [-0.4, -0.2) is 23.4 Å². The van der Waals surface area contributed by atoms with E-state index < -0.39 is 0 Å². The van der Waals surface area contributed by atoms with E-state index in [1.54, 1.807) is 6.20 Å². The number of anilines is 1. The number of nitrogens with one attached hydrogen (secondary N) is 1. The Morgan fingerprint density at radius 1 is 1.19 bits per heavy atom. The molecule has 3 N–H and O–H groups in total. The van der Waals surface area contributed by atoms with Crippen molar-refractivity contribution in [1.82, 2.24) is 10.3 Å². The number of nitrogens with zero attached hydrogens (tertiary/aromatic N) is 2. The number of aliphatic imine (C=N–C) groups is 1. The van der Waals surface area contributed by atoms with Gasteiger partial charge in [0.15, 0.2) is 0 Å². The van der Waals surface area contributed by atoms with Crippen LogP contribution in [0.15, 0.2) is 53.7 Å². The molecule has 1 aromatic heterocycles. The largest absolute Gasteiger partial charge is 0.383 e. The third-order valence-electron chi connectivity index (χ3n) is 4.68. The van der Waals surface area contributed by atoms with Crippen LogP contribution < -0.4 is 11.1 Å². The first kappa shape index (κ1) is 17.4. The minimum Gasteiger partial charge on any atom is -0.383 e. The molecule has 0 saturated heterocycles. The van der Waals surface area contributed by atoms with Gasteiger partial charge in [-0.15, -0.1) is 0 Å². The van der Waals surface area contributed by atoms with Gasteiger partial charge in [-0.3, -0.25) is 4.99 Å². The predicted molar refractivity (Wildman–Crippen MR) is 112 cm³/mol. The maximum absolute atomic E-state index is 6.13. The molecule has 1 atom stereocenters. The van der Waals surface area contributed by atoms with Gasteiger partial charge in [0, 0.05) is 39.2 Å². The standard InChI is InChI=1S/C22H19ClN4/c1-2-18-13-26-22(27-18)15-6-3-14(4-7-15)5-10-19-20-11-17(23)9-8-16(20)12-25-21(19)24/h3-4,6-9,11-12,18H,2,13H2,1H3,(H2,24,25)(H,26,27). The third-order valence-corrected chi connectivity index (χ3v) is 4.91. The summed E-state index contributed by atoms with van der Waals surface area (Å²) in [5, 5.41) is 5.97. The zero-order chi connectivity index (χ0) is 18.8. The summed E-state index contributed by atoms with van der Waals surface area (Å²) in [7, 11) is 0. The second-order valence-corrected chi connectivity index (χ2v) is 6.95. The molecule has 1 unspecified atom stereocenters. The lowest BCUT2D eigenvalue weighted by atomic mass is 10.1. The average Bonchev–Trinajstić information content (AvgIpc) is 3.17. The molecule has 0 bridgehead atoms. The van der Waals surface area contributed by atoms with Crippen molar-refractivity contribution in [3.63, 3.8) is 0 Å². The van der Waals surface area contributed by atoms with Crippen molar-refractivity contribution in [3.05, 3.63) is 70.4 Å². The van der Waals surface area contributed by atoms with Crippen molar-refractivity contribution in [2.75, 3.05) is 12.3 Å². The van der Waals surface area contributed by atoms with E-state index in [4.69, 9.17) is 17.3 Å². The number of aromatic nitrogens is 1. The Morgan fingerprint density at radius 2 is 2.00 bits per heavy atom. The highest BCUT2D eigenvalue weighted by Crippen LogP contribution is 2.24. The Bertz CT molecular complexity index is 1090. The van der Waals surface area contributed by atoms with E-state index in [2.05, 4.69) is 34.1 Å². The molecule has 0 aliphatic carbocycles. The molecule has 3 aromatic rings. The van der Waals surface area contributed by atoms with Crippen LogP contribution in [0.1, 0.15) is 30.0 Å². The summed E-state index contributed by atoms with van der Waals surface area (Å²) in [5.41, 5.74) is 8.74. The van der Waals surface area contributed by atoms with E-state index in [1.807, 2.05) is 42.5 Å². The number of nitrogens with two attached hydrogens (primary N) is 1. The van der Waals surface area contributed by atoms with E-state index in [0.29, 0.717) is 22.4 Å². The summed E-state index contributed by atoms with van der Waals surface area (Å²) >= 11 is 6.13. The van der Waals surface area contributed by atoms with Crippen molar-refractivity contribution < 1.29 is 0 Å². The van der Waals surface area contributed by atoms with Gasteiger partial charge in [-0.05, 0) is 30.7 Å². The molecule has 5 heteroatoms. The second kappa shape index (κ2) is 7.30. The first-order chi connectivity index (χ1) is 13.1. The first-order valence-corrected chi connectivity index (χ1v) is 9.29. The van der Waals surface area contributed by atoms with Gasteiger partial charge in [0.2, 0.25) is 0 Å². The topological polar surface area (TPSA) is 63.3 Å². The summed E-state index contributed by atoms with van der Waals surface area (Å²) < 4.78 is 0. The van der Waals surface area contributed by atoms with Gasteiger partial charge in [-0.25, -0.2) is 4.98 Å². The van der Waals surface area contributed by atoms with Gasteiger partial charge in [0.25, 0.3) is 0 Å². The smallest absolute Gasteiger partial charge is 0.139 e. The molecule has 0 radical (unpaired) electrons. The molecule has 0 amide bonds. The molecule has 134 valence electrons. The molecule has 2 aromatic carbocycles. The molecule has 4 rings (SSSR count). The Kier molecular flexibility index (Phi) is 4.70. The Labute approximate surface area is 163 Å².